The van der Waals surface area contributed by atoms with Gasteiger partial charge in [-0.15, -0.1) is 5.54 Å². The van der Waals surface area contributed by atoms with Crippen molar-refractivity contribution in [1.82, 2.24) is 0 Å². The molecular weight excluding hydrogens is 412 g/mol. The van der Waals surface area contributed by atoms with Gasteiger partial charge < -0.3 is 0 Å². The molecule has 0 saturated carbocycles. The number of hydrogen-bond acceptors (Lipinski definition) is 0. The van der Waals surface area contributed by atoms with Gasteiger partial charge in [-0.05, 0) is 69.9 Å². The van der Waals surface area contributed by atoms with Gasteiger partial charge in [0.15, 0.2) is 0 Å². The Balaban J connectivity index is 1.55. The SMILES string of the molecule is C[Si](C)(C)C#CC1=C(C#CC2=C(C#CC3=C(C#Cc4ccccc4)CCC3)CCC2)CCC1. The van der Waals surface area contributed by atoms with Gasteiger partial charge in [0.1, 0.15) is 8.07 Å². The molecule has 1 aromatic carbocycles. The molecule has 0 amide bonds. The van der Waals surface area contributed by atoms with E-state index < -0.39 is 8.07 Å². The van der Waals surface area contributed by atoms with E-state index in [2.05, 4.69) is 78.8 Å². The Morgan fingerprint density at radius 3 is 1.24 bits per heavy atom. The van der Waals surface area contributed by atoms with Gasteiger partial charge in [-0.3, -0.25) is 0 Å². The fourth-order valence-corrected chi connectivity index (χ4v) is 4.82. The molecule has 0 saturated heterocycles. The summed E-state index contributed by atoms with van der Waals surface area (Å²) in [4.78, 5) is 0. The molecule has 3 aliphatic rings. The molecule has 0 spiro atoms. The molecule has 0 atom stereocenters. The van der Waals surface area contributed by atoms with Crippen molar-refractivity contribution in [3.63, 3.8) is 0 Å². The summed E-state index contributed by atoms with van der Waals surface area (Å²) in [6, 6.07) is 10.2. The molecule has 0 fully saturated rings. The van der Waals surface area contributed by atoms with Gasteiger partial charge in [-0.25, -0.2) is 0 Å². The summed E-state index contributed by atoms with van der Waals surface area (Å²) in [6.45, 7) is 6.90. The maximum absolute atomic E-state index is 3.52. The van der Waals surface area contributed by atoms with Crippen molar-refractivity contribution in [2.75, 3.05) is 0 Å². The van der Waals surface area contributed by atoms with E-state index in [0.29, 0.717) is 0 Å². The second-order valence-electron chi connectivity index (χ2n) is 10.0. The van der Waals surface area contributed by atoms with Crippen molar-refractivity contribution >= 4 is 8.07 Å². The zero-order valence-corrected chi connectivity index (χ0v) is 21.3. The molecule has 0 heterocycles. The van der Waals surface area contributed by atoms with Crippen molar-refractivity contribution in [2.24, 2.45) is 0 Å². The largest absolute Gasteiger partial charge is 0.129 e. The molecule has 0 unspecified atom stereocenters. The van der Waals surface area contributed by atoms with Gasteiger partial charge in [0.25, 0.3) is 0 Å². The molecule has 3 aliphatic carbocycles. The minimum absolute atomic E-state index is 1.05. The molecule has 0 N–H and O–H groups in total. The summed E-state index contributed by atoms with van der Waals surface area (Å²) in [7, 11) is -1.35. The monoisotopic (exact) mass is 444 g/mol. The maximum atomic E-state index is 3.52. The molecule has 1 aromatic rings. The van der Waals surface area contributed by atoms with E-state index in [1.807, 2.05) is 18.2 Å². The first-order valence-electron chi connectivity index (χ1n) is 12.3. The van der Waals surface area contributed by atoms with Gasteiger partial charge in [-0.1, -0.05) is 79.3 Å². The Hall–Kier alpha value is -3.10. The van der Waals surface area contributed by atoms with E-state index in [9.17, 15) is 0 Å². The van der Waals surface area contributed by atoms with Crippen LogP contribution in [0.25, 0.3) is 0 Å². The summed E-state index contributed by atoms with van der Waals surface area (Å²) >= 11 is 0. The number of rotatable bonds is 0. The third-order valence-electron chi connectivity index (χ3n) is 6.10. The molecule has 0 nitrogen and oxygen atoms in total. The molecule has 0 aliphatic heterocycles. The highest BCUT2D eigenvalue weighted by molar-refractivity contribution is 6.83. The zero-order valence-electron chi connectivity index (χ0n) is 20.3. The normalized spacial score (nSPS) is 17.5. The summed E-state index contributed by atoms with van der Waals surface area (Å²) in [5.41, 5.74) is 12.1. The quantitative estimate of drug-likeness (QED) is 0.289. The van der Waals surface area contributed by atoms with Crippen LogP contribution < -0.4 is 0 Å². The highest BCUT2D eigenvalue weighted by Gasteiger charge is 2.15. The van der Waals surface area contributed by atoms with Crippen LogP contribution in [0.2, 0.25) is 19.6 Å². The number of benzene rings is 1. The van der Waals surface area contributed by atoms with E-state index in [1.165, 1.54) is 39.9 Å². The van der Waals surface area contributed by atoms with E-state index in [4.69, 9.17) is 0 Å². The lowest BCUT2D eigenvalue weighted by molar-refractivity contribution is 0.908. The van der Waals surface area contributed by atoms with Crippen LogP contribution in [0.4, 0.5) is 0 Å². The summed E-state index contributed by atoms with van der Waals surface area (Å²) in [5.74, 6) is 24.2. The standard InChI is InChI=1S/C32H32Si/c1-33(2,3)25-24-32-17-9-16-31(32)23-22-30-15-8-14-29(30)21-20-28-13-7-12-27(28)19-18-26-10-5-4-6-11-26/h4-6,10-11H,7-9,12-17H2,1-3H3. The Kier molecular flexibility index (Phi) is 7.46. The molecule has 0 radical (unpaired) electrons. The molecule has 33 heavy (non-hydrogen) atoms. The van der Waals surface area contributed by atoms with E-state index in [1.54, 1.807) is 0 Å². The van der Waals surface area contributed by atoms with Crippen molar-refractivity contribution in [3.05, 3.63) is 69.3 Å². The predicted octanol–water partition coefficient (Wildman–Crippen LogP) is 7.37. The first-order chi connectivity index (χ1) is 16.0. The van der Waals surface area contributed by atoms with Crippen LogP contribution in [0, 0.1) is 47.0 Å². The maximum Gasteiger partial charge on any atom is 0.129 e. The van der Waals surface area contributed by atoms with Gasteiger partial charge >= 0.3 is 0 Å². The van der Waals surface area contributed by atoms with Crippen LogP contribution in [0.15, 0.2) is 63.8 Å². The highest BCUT2D eigenvalue weighted by atomic mass is 28.3. The first kappa shape index (κ1) is 23.1. The Morgan fingerprint density at radius 2 is 0.848 bits per heavy atom. The fourth-order valence-electron chi connectivity index (χ4n) is 4.29. The zero-order chi connectivity index (χ0) is 23.1. The number of hydrogen-bond donors (Lipinski definition) is 0. The predicted molar refractivity (Wildman–Crippen MR) is 143 cm³/mol. The average molecular weight is 445 g/mol. The van der Waals surface area contributed by atoms with Gasteiger partial charge in [0.05, 0.1) is 0 Å². The lowest BCUT2D eigenvalue weighted by Gasteiger charge is -2.03. The van der Waals surface area contributed by atoms with E-state index in [0.717, 1.165) is 56.9 Å². The minimum atomic E-state index is -1.35. The van der Waals surface area contributed by atoms with Crippen LogP contribution in [0.5, 0.6) is 0 Å². The minimum Gasteiger partial charge on any atom is -0.127 e. The molecule has 4 rings (SSSR count). The Bertz CT molecular complexity index is 1260. The third-order valence-corrected chi connectivity index (χ3v) is 6.98. The van der Waals surface area contributed by atoms with Crippen molar-refractivity contribution < 1.29 is 0 Å². The smallest absolute Gasteiger partial charge is 0.127 e. The lowest BCUT2D eigenvalue weighted by atomic mass is 10.1. The van der Waals surface area contributed by atoms with Gasteiger partial charge in [-0.2, -0.15) is 0 Å². The van der Waals surface area contributed by atoms with E-state index in [-0.39, 0.29) is 0 Å². The summed E-state index contributed by atoms with van der Waals surface area (Å²) < 4.78 is 0. The van der Waals surface area contributed by atoms with Crippen LogP contribution >= 0.6 is 0 Å². The molecule has 164 valence electrons. The Morgan fingerprint density at radius 1 is 0.485 bits per heavy atom. The molecule has 0 aromatic heterocycles. The third kappa shape index (κ3) is 6.69. The van der Waals surface area contributed by atoms with Gasteiger partial charge in [0.2, 0.25) is 0 Å². The van der Waals surface area contributed by atoms with Crippen molar-refractivity contribution in [2.45, 2.75) is 77.4 Å². The highest BCUT2D eigenvalue weighted by Crippen LogP contribution is 2.29. The first-order valence-corrected chi connectivity index (χ1v) is 15.8. The van der Waals surface area contributed by atoms with Crippen LogP contribution in [0.3, 0.4) is 0 Å². The number of allylic oxidation sites excluding steroid dienone is 6. The second kappa shape index (κ2) is 10.7. The lowest BCUT2D eigenvalue weighted by Crippen LogP contribution is -2.16. The fraction of sp³-hybridized carbons (Fsp3) is 0.375. The molecule has 1 heteroatoms. The topological polar surface area (TPSA) is 0 Å². The summed E-state index contributed by atoms with van der Waals surface area (Å²) in [5, 5.41) is 0. The van der Waals surface area contributed by atoms with E-state index >= 15 is 0 Å². The van der Waals surface area contributed by atoms with Crippen LogP contribution in [0.1, 0.15) is 63.4 Å². The molecular formula is C32H32Si. The van der Waals surface area contributed by atoms with Crippen molar-refractivity contribution in [3.8, 4) is 47.0 Å². The van der Waals surface area contributed by atoms with Crippen molar-refractivity contribution in [1.29, 1.82) is 0 Å². The Labute approximate surface area is 201 Å². The van der Waals surface area contributed by atoms with Crippen LogP contribution in [-0.2, 0) is 0 Å². The second-order valence-corrected chi connectivity index (χ2v) is 14.8. The van der Waals surface area contributed by atoms with Crippen LogP contribution in [-0.4, -0.2) is 8.07 Å². The summed E-state index contributed by atoms with van der Waals surface area (Å²) in [6.07, 6.45) is 9.88. The van der Waals surface area contributed by atoms with Gasteiger partial charge in [0, 0.05) is 39.0 Å². The molecule has 0 bridgehead atoms. The average Bonchev–Trinajstić information content (AvgIpc) is 3.54.